The van der Waals surface area contributed by atoms with Gasteiger partial charge in [0.1, 0.15) is 5.71 Å². The van der Waals surface area contributed by atoms with Gasteiger partial charge >= 0.3 is 5.97 Å². The zero-order valence-corrected chi connectivity index (χ0v) is 17.2. The highest BCUT2D eigenvalue weighted by Crippen LogP contribution is 2.47. The lowest BCUT2D eigenvalue weighted by molar-refractivity contribution is -0.140. The van der Waals surface area contributed by atoms with Crippen LogP contribution < -0.4 is 0 Å². The minimum atomic E-state index is -0.427. The molecule has 1 unspecified atom stereocenters. The summed E-state index contributed by atoms with van der Waals surface area (Å²) in [6, 6.07) is 20.8. The molecular formula is C27H23NO2. The summed E-state index contributed by atoms with van der Waals surface area (Å²) in [5.41, 5.74) is 8.00. The van der Waals surface area contributed by atoms with E-state index in [2.05, 4.69) is 60.6 Å². The molecule has 0 saturated carbocycles. The van der Waals surface area contributed by atoms with E-state index in [0.29, 0.717) is 11.6 Å². The second kappa shape index (κ2) is 7.42. The molecule has 0 fully saturated rings. The second-order valence-corrected chi connectivity index (χ2v) is 7.93. The summed E-state index contributed by atoms with van der Waals surface area (Å²) >= 11 is 0. The van der Waals surface area contributed by atoms with Gasteiger partial charge in [-0.25, -0.2) is 4.79 Å². The van der Waals surface area contributed by atoms with Crippen LogP contribution in [0, 0.1) is 0 Å². The van der Waals surface area contributed by atoms with Crippen LogP contribution in [-0.4, -0.2) is 11.7 Å². The van der Waals surface area contributed by atoms with Gasteiger partial charge in [-0.1, -0.05) is 78.8 Å². The third-order valence-corrected chi connectivity index (χ3v) is 6.05. The molecule has 30 heavy (non-hydrogen) atoms. The molecule has 0 amide bonds. The summed E-state index contributed by atoms with van der Waals surface area (Å²) in [5.74, 6) is -0.0717. The molecule has 3 aromatic rings. The Balaban J connectivity index is 1.68. The fourth-order valence-electron chi connectivity index (χ4n) is 4.65. The van der Waals surface area contributed by atoms with Gasteiger partial charge in [0.25, 0.3) is 0 Å². The number of fused-ring (bicyclic) bond motifs is 4. The van der Waals surface area contributed by atoms with E-state index in [1.54, 1.807) is 0 Å². The normalized spacial score (nSPS) is 17.8. The van der Waals surface area contributed by atoms with Gasteiger partial charge in [0, 0.05) is 24.0 Å². The number of benzene rings is 3. The number of allylic oxidation sites excluding steroid dienone is 4. The predicted molar refractivity (Wildman–Crippen MR) is 122 cm³/mol. The Morgan fingerprint density at radius 3 is 2.67 bits per heavy atom. The smallest absolute Gasteiger partial charge is 0.318 e. The lowest BCUT2D eigenvalue weighted by Gasteiger charge is -2.12. The van der Waals surface area contributed by atoms with E-state index in [1.165, 1.54) is 29.2 Å². The summed E-state index contributed by atoms with van der Waals surface area (Å²) in [4.78, 5) is 16.7. The van der Waals surface area contributed by atoms with Crippen LogP contribution in [0.5, 0.6) is 0 Å². The minimum absolute atomic E-state index is 0.356. The molecule has 0 aromatic heterocycles. The fraction of sp³-hybridized carbons (Fsp3) is 0.185. The molecule has 5 rings (SSSR count). The van der Waals surface area contributed by atoms with E-state index in [9.17, 15) is 4.79 Å². The van der Waals surface area contributed by atoms with Gasteiger partial charge in [0.15, 0.2) is 0 Å². The van der Waals surface area contributed by atoms with Gasteiger partial charge < -0.3 is 4.84 Å². The third-order valence-electron chi connectivity index (χ3n) is 6.05. The van der Waals surface area contributed by atoms with E-state index in [4.69, 9.17) is 4.84 Å². The topological polar surface area (TPSA) is 38.7 Å². The Morgan fingerprint density at radius 2 is 1.80 bits per heavy atom. The lowest BCUT2D eigenvalue weighted by atomic mass is 9.92. The molecule has 1 atom stereocenters. The van der Waals surface area contributed by atoms with E-state index < -0.39 is 5.97 Å². The molecule has 0 N–H and O–H groups in total. The van der Waals surface area contributed by atoms with Crippen molar-refractivity contribution < 1.29 is 9.63 Å². The van der Waals surface area contributed by atoms with Crippen LogP contribution in [0.15, 0.2) is 83.5 Å². The molecule has 3 heteroatoms. The average Bonchev–Trinajstić information content (AvgIpc) is 3.06. The number of hydrogen-bond acceptors (Lipinski definition) is 3. The van der Waals surface area contributed by atoms with Gasteiger partial charge in [-0.2, -0.15) is 0 Å². The van der Waals surface area contributed by atoms with Crippen molar-refractivity contribution in [1.82, 2.24) is 0 Å². The maximum absolute atomic E-state index is 11.5. The Labute approximate surface area is 176 Å². The van der Waals surface area contributed by atoms with Crippen molar-refractivity contribution in [3.05, 3.63) is 101 Å². The zero-order valence-electron chi connectivity index (χ0n) is 17.2. The first-order valence-electron chi connectivity index (χ1n) is 10.4. The zero-order chi connectivity index (χ0) is 20.7. The van der Waals surface area contributed by atoms with Gasteiger partial charge in [-0.3, -0.25) is 0 Å². The Morgan fingerprint density at radius 1 is 1.00 bits per heavy atom. The summed E-state index contributed by atoms with van der Waals surface area (Å²) in [6.45, 7) is 3.64. The van der Waals surface area contributed by atoms with Crippen LogP contribution in [0.3, 0.4) is 0 Å². The maximum atomic E-state index is 11.5. The molecule has 0 radical (unpaired) electrons. The average molecular weight is 393 g/mol. The fourth-order valence-corrected chi connectivity index (χ4v) is 4.65. The molecule has 0 spiro atoms. The van der Waals surface area contributed by atoms with E-state index in [0.717, 1.165) is 34.7 Å². The quantitative estimate of drug-likeness (QED) is 0.294. The van der Waals surface area contributed by atoms with Crippen molar-refractivity contribution in [3.63, 3.8) is 0 Å². The highest BCUT2D eigenvalue weighted by Gasteiger charge is 2.30. The Bertz CT molecular complexity index is 1260. The molecule has 148 valence electrons. The lowest BCUT2D eigenvalue weighted by Crippen LogP contribution is -2.08. The molecule has 3 nitrogen and oxygen atoms in total. The molecule has 0 heterocycles. The van der Waals surface area contributed by atoms with Crippen molar-refractivity contribution in [2.24, 2.45) is 5.16 Å². The SMILES string of the molecule is CC(=O)O/N=C(/c1ccc2c(c1)C(C)C1=CCCC=C12)c1cccc2ccccc12. The standard InChI is InChI=1S/C27H23NO2/c1-17-21-10-5-6-12-23(21)24-15-14-20(16-26(17)24)27(28-30-18(2)29)25-13-7-9-19-8-3-4-11-22(19)25/h3-4,7-17H,5-6H2,1-2H3/b28-27-. The van der Waals surface area contributed by atoms with Crippen LogP contribution in [0.4, 0.5) is 0 Å². The summed E-state index contributed by atoms with van der Waals surface area (Å²) in [5, 5.41) is 6.50. The first-order valence-corrected chi connectivity index (χ1v) is 10.4. The summed E-state index contributed by atoms with van der Waals surface area (Å²) in [6.07, 6.45) is 6.94. The summed E-state index contributed by atoms with van der Waals surface area (Å²) < 4.78 is 0. The van der Waals surface area contributed by atoms with Gasteiger partial charge in [0.05, 0.1) is 0 Å². The highest BCUT2D eigenvalue weighted by atomic mass is 16.7. The Kier molecular flexibility index (Phi) is 4.59. The number of hydrogen-bond donors (Lipinski definition) is 0. The molecular weight excluding hydrogens is 370 g/mol. The van der Waals surface area contributed by atoms with Crippen molar-refractivity contribution in [2.45, 2.75) is 32.6 Å². The van der Waals surface area contributed by atoms with Crippen LogP contribution in [-0.2, 0) is 9.63 Å². The van der Waals surface area contributed by atoms with Crippen LogP contribution in [0.25, 0.3) is 16.3 Å². The number of nitrogens with zero attached hydrogens (tertiary/aromatic N) is 1. The monoisotopic (exact) mass is 393 g/mol. The largest absolute Gasteiger partial charge is 0.332 e. The minimum Gasteiger partial charge on any atom is -0.318 e. The second-order valence-electron chi connectivity index (χ2n) is 7.93. The third kappa shape index (κ3) is 3.07. The van der Waals surface area contributed by atoms with Gasteiger partial charge in [-0.05, 0) is 52.0 Å². The molecule has 2 aliphatic carbocycles. The van der Waals surface area contributed by atoms with E-state index in [1.807, 2.05) is 24.3 Å². The van der Waals surface area contributed by atoms with E-state index in [-0.39, 0.29) is 0 Å². The molecule has 0 bridgehead atoms. The van der Waals surface area contributed by atoms with Crippen molar-refractivity contribution in [2.75, 3.05) is 0 Å². The number of oxime groups is 1. The van der Waals surface area contributed by atoms with Gasteiger partial charge in [0.2, 0.25) is 0 Å². The molecule has 3 aromatic carbocycles. The first-order chi connectivity index (χ1) is 14.6. The van der Waals surface area contributed by atoms with E-state index >= 15 is 0 Å². The van der Waals surface area contributed by atoms with Crippen LogP contribution >= 0.6 is 0 Å². The maximum Gasteiger partial charge on any atom is 0.332 e. The van der Waals surface area contributed by atoms with Crippen LogP contribution in [0.1, 0.15) is 54.9 Å². The summed E-state index contributed by atoms with van der Waals surface area (Å²) in [7, 11) is 0. The number of carbonyl (C=O) groups is 1. The van der Waals surface area contributed by atoms with Crippen molar-refractivity contribution in [1.29, 1.82) is 0 Å². The Hall–Kier alpha value is -3.46. The molecule has 0 aliphatic heterocycles. The highest BCUT2D eigenvalue weighted by molar-refractivity contribution is 6.19. The van der Waals surface area contributed by atoms with Gasteiger partial charge in [-0.15, -0.1) is 0 Å². The number of carbonyl (C=O) groups excluding carboxylic acids is 1. The van der Waals surface area contributed by atoms with Crippen LogP contribution in [0.2, 0.25) is 0 Å². The first kappa shape index (κ1) is 18.6. The van der Waals surface area contributed by atoms with Crippen molar-refractivity contribution in [3.8, 4) is 0 Å². The number of rotatable bonds is 3. The predicted octanol–water partition coefficient (Wildman–Crippen LogP) is 6.38. The molecule has 2 aliphatic rings. The van der Waals surface area contributed by atoms with Crippen molar-refractivity contribution >= 4 is 28.0 Å². The molecule has 0 saturated heterocycles.